The van der Waals surface area contributed by atoms with E-state index in [0.29, 0.717) is 50.3 Å². The summed E-state index contributed by atoms with van der Waals surface area (Å²) < 4.78 is 0. The van der Waals surface area contributed by atoms with E-state index in [4.69, 9.17) is 11.6 Å². The third kappa shape index (κ3) is 4.32. The molecule has 1 aliphatic heterocycles. The molecule has 1 aromatic heterocycles. The quantitative estimate of drug-likeness (QED) is 0.788. The number of rotatable bonds is 3. The third-order valence-electron chi connectivity index (χ3n) is 6.45. The van der Waals surface area contributed by atoms with Crippen LogP contribution in [0.15, 0.2) is 35.1 Å². The highest BCUT2D eigenvalue weighted by Crippen LogP contribution is 2.33. The fraction of sp³-hybridized carbons (Fsp3) is 0.458. The SMILES string of the molecule is CC(c1ccccc1Cl)N1CCN(C(=O)c2cc3c([nH]c2=O)CC(C)(C)CC3=O)CC1. The highest BCUT2D eigenvalue weighted by atomic mass is 35.5. The van der Waals surface area contributed by atoms with Crippen LogP contribution in [0.4, 0.5) is 0 Å². The maximum atomic E-state index is 13.1. The normalized spacial score (nSPS) is 19.7. The van der Waals surface area contributed by atoms with Gasteiger partial charge < -0.3 is 9.88 Å². The molecule has 1 N–H and O–H groups in total. The number of nitrogens with one attached hydrogen (secondary N) is 1. The number of piperazine rings is 1. The number of H-pyrrole nitrogens is 1. The van der Waals surface area contributed by atoms with Gasteiger partial charge in [-0.2, -0.15) is 0 Å². The van der Waals surface area contributed by atoms with Crippen molar-refractivity contribution < 1.29 is 9.59 Å². The molecule has 1 atom stereocenters. The molecule has 0 bridgehead atoms. The highest BCUT2D eigenvalue weighted by Gasteiger charge is 2.34. The van der Waals surface area contributed by atoms with E-state index < -0.39 is 5.56 Å². The number of amides is 1. The topological polar surface area (TPSA) is 73.5 Å². The minimum absolute atomic E-state index is 0.0186. The Balaban J connectivity index is 1.48. The van der Waals surface area contributed by atoms with Gasteiger partial charge in [-0.25, -0.2) is 0 Å². The molecule has 6 nitrogen and oxygen atoms in total. The molecule has 1 aliphatic carbocycles. The van der Waals surface area contributed by atoms with Crippen molar-refractivity contribution in [2.24, 2.45) is 5.41 Å². The zero-order valence-electron chi connectivity index (χ0n) is 18.2. The number of fused-ring (bicyclic) bond motifs is 1. The molecule has 0 saturated carbocycles. The van der Waals surface area contributed by atoms with Gasteiger partial charge in [-0.15, -0.1) is 0 Å². The Morgan fingerprint density at radius 1 is 1.10 bits per heavy atom. The van der Waals surface area contributed by atoms with Crippen molar-refractivity contribution in [1.29, 1.82) is 0 Å². The molecule has 31 heavy (non-hydrogen) atoms. The van der Waals surface area contributed by atoms with Crippen molar-refractivity contribution in [1.82, 2.24) is 14.8 Å². The Labute approximate surface area is 187 Å². The average Bonchev–Trinajstić information content (AvgIpc) is 2.72. The molecule has 4 rings (SSSR count). The van der Waals surface area contributed by atoms with Crippen molar-refractivity contribution in [3.05, 3.63) is 68.1 Å². The van der Waals surface area contributed by atoms with Crippen molar-refractivity contribution in [3.63, 3.8) is 0 Å². The number of aromatic amines is 1. The van der Waals surface area contributed by atoms with Gasteiger partial charge in [0.15, 0.2) is 5.78 Å². The van der Waals surface area contributed by atoms with Crippen molar-refractivity contribution in [2.45, 2.75) is 39.7 Å². The number of benzene rings is 1. The zero-order chi connectivity index (χ0) is 22.3. The number of aromatic nitrogens is 1. The van der Waals surface area contributed by atoms with E-state index in [2.05, 4.69) is 16.8 Å². The van der Waals surface area contributed by atoms with E-state index in [-0.39, 0.29) is 28.7 Å². The minimum Gasteiger partial charge on any atom is -0.336 e. The molecule has 1 fully saturated rings. The largest absolute Gasteiger partial charge is 0.336 e. The van der Waals surface area contributed by atoms with E-state index in [9.17, 15) is 14.4 Å². The summed E-state index contributed by atoms with van der Waals surface area (Å²) in [5, 5.41) is 0.738. The molecule has 1 saturated heterocycles. The Hall–Kier alpha value is -2.44. The maximum absolute atomic E-state index is 13.1. The standard InChI is InChI=1S/C24H28ClN3O3/c1-15(16-6-4-5-7-19(16)25)27-8-10-28(11-9-27)23(31)18-12-17-20(26-22(18)30)13-24(2,3)14-21(17)29/h4-7,12,15H,8-11,13-14H2,1-3H3,(H,26,30). The van der Waals surface area contributed by atoms with Gasteiger partial charge in [0, 0.05) is 54.9 Å². The first-order chi connectivity index (χ1) is 14.7. The van der Waals surface area contributed by atoms with Crippen molar-refractivity contribution >= 4 is 23.3 Å². The predicted octanol–water partition coefficient (Wildman–Crippen LogP) is 3.70. The van der Waals surface area contributed by atoms with Gasteiger partial charge in [-0.3, -0.25) is 19.3 Å². The van der Waals surface area contributed by atoms with Crippen molar-refractivity contribution in [3.8, 4) is 0 Å². The lowest BCUT2D eigenvalue weighted by Gasteiger charge is -2.38. The summed E-state index contributed by atoms with van der Waals surface area (Å²) in [4.78, 5) is 45.1. The molecule has 2 aromatic rings. The average molecular weight is 442 g/mol. The third-order valence-corrected chi connectivity index (χ3v) is 6.80. The number of carbonyl (C=O) groups excluding carboxylic acids is 2. The van der Waals surface area contributed by atoms with E-state index in [1.807, 2.05) is 38.1 Å². The monoisotopic (exact) mass is 441 g/mol. The Kier molecular flexibility index (Phi) is 5.79. The number of hydrogen-bond acceptors (Lipinski definition) is 4. The maximum Gasteiger partial charge on any atom is 0.261 e. The van der Waals surface area contributed by atoms with Crippen LogP contribution in [-0.4, -0.2) is 52.7 Å². The van der Waals surface area contributed by atoms with Crippen LogP contribution in [0, 0.1) is 5.41 Å². The number of hydrogen-bond donors (Lipinski definition) is 1. The zero-order valence-corrected chi connectivity index (χ0v) is 19.0. The number of halogens is 1. The second-order valence-electron chi connectivity index (χ2n) is 9.37. The second kappa shape index (κ2) is 8.24. The van der Waals surface area contributed by atoms with Crippen LogP contribution in [0.2, 0.25) is 5.02 Å². The Bertz CT molecular complexity index is 1080. The van der Waals surface area contributed by atoms with Crippen LogP contribution in [0.5, 0.6) is 0 Å². The molecule has 2 heterocycles. The number of Topliss-reactive ketones (excluding diaryl/α,β-unsaturated/α-hetero) is 1. The molecule has 1 aromatic carbocycles. The predicted molar refractivity (Wildman–Crippen MR) is 121 cm³/mol. The van der Waals surface area contributed by atoms with Crippen LogP contribution < -0.4 is 5.56 Å². The number of carbonyl (C=O) groups is 2. The molecule has 1 unspecified atom stereocenters. The lowest BCUT2D eigenvalue weighted by Crippen LogP contribution is -2.50. The molecule has 0 radical (unpaired) electrons. The van der Waals surface area contributed by atoms with Gasteiger partial charge in [-0.05, 0) is 36.5 Å². The van der Waals surface area contributed by atoms with E-state index in [1.165, 1.54) is 6.07 Å². The smallest absolute Gasteiger partial charge is 0.261 e. The van der Waals surface area contributed by atoms with E-state index >= 15 is 0 Å². The molecule has 164 valence electrons. The van der Waals surface area contributed by atoms with Gasteiger partial charge >= 0.3 is 0 Å². The summed E-state index contributed by atoms with van der Waals surface area (Å²) in [6, 6.07) is 9.44. The number of ketones is 1. The van der Waals surface area contributed by atoms with E-state index in [0.717, 1.165) is 10.6 Å². The Morgan fingerprint density at radius 2 is 1.77 bits per heavy atom. The van der Waals surface area contributed by atoms with Gasteiger partial charge in [0.1, 0.15) is 5.56 Å². The summed E-state index contributed by atoms with van der Waals surface area (Å²) in [6.07, 6.45) is 1.04. The van der Waals surface area contributed by atoms with Gasteiger partial charge in [0.2, 0.25) is 0 Å². The minimum atomic E-state index is -0.416. The molecular formula is C24H28ClN3O3. The van der Waals surface area contributed by atoms with Crippen LogP contribution >= 0.6 is 11.6 Å². The lowest BCUT2D eigenvalue weighted by atomic mass is 9.75. The van der Waals surface area contributed by atoms with Gasteiger partial charge in [0.25, 0.3) is 11.5 Å². The lowest BCUT2D eigenvalue weighted by molar-refractivity contribution is 0.0580. The van der Waals surface area contributed by atoms with Gasteiger partial charge in [0.05, 0.1) is 0 Å². The first-order valence-electron chi connectivity index (χ1n) is 10.7. The number of pyridine rings is 1. The first kappa shape index (κ1) is 21.8. The van der Waals surface area contributed by atoms with E-state index in [1.54, 1.807) is 4.90 Å². The molecule has 2 aliphatic rings. The summed E-state index contributed by atoms with van der Waals surface area (Å²) in [5.74, 6) is -0.332. The van der Waals surface area contributed by atoms with Crippen molar-refractivity contribution in [2.75, 3.05) is 26.2 Å². The molecular weight excluding hydrogens is 414 g/mol. The molecule has 0 spiro atoms. The summed E-state index contributed by atoms with van der Waals surface area (Å²) in [6.45, 7) is 8.54. The fourth-order valence-electron chi connectivity index (χ4n) is 4.68. The van der Waals surface area contributed by atoms with Gasteiger partial charge in [-0.1, -0.05) is 43.6 Å². The van der Waals surface area contributed by atoms with Crippen LogP contribution in [0.25, 0.3) is 0 Å². The fourth-order valence-corrected chi connectivity index (χ4v) is 4.97. The molecule has 7 heteroatoms. The van der Waals surface area contributed by atoms with Crippen LogP contribution in [-0.2, 0) is 6.42 Å². The first-order valence-corrected chi connectivity index (χ1v) is 11.1. The second-order valence-corrected chi connectivity index (χ2v) is 9.78. The number of nitrogens with zero attached hydrogens (tertiary/aromatic N) is 2. The highest BCUT2D eigenvalue weighted by molar-refractivity contribution is 6.31. The van der Waals surface area contributed by atoms with Crippen LogP contribution in [0.3, 0.4) is 0 Å². The Morgan fingerprint density at radius 3 is 2.45 bits per heavy atom. The molecule has 1 amide bonds. The summed E-state index contributed by atoms with van der Waals surface area (Å²) >= 11 is 6.35. The van der Waals surface area contributed by atoms with Crippen LogP contribution in [0.1, 0.15) is 65.2 Å². The summed E-state index contributed by atoms with van der Waals surface area (Å²) in [5.41, 5.74) is 1.64. The summed E-state index contributed by atoms with van der Waals surface area (Å²) in [7, 11) is 0.